The standard InChI is InChI=1S/C28H19N3OS2/c1-17-10-13-26(34-17)24-15-22(21-8-4-5-9-23(21)29-24)27(32)31-28-30-25(16-33-28)20-12-11-18-6-2-3-7-19(18)14-20/h2-16H,1H3,(H,30,31,32). The van der Waals surface area contributed by atoms with E-state index in [0.717, 1.165) is 38.1 Å². The fourth-order valence-electron chi connectivity index (χ4n) is 4.04. The summed E-state index contributed by atoms with van der Waals surface area (Å²) >= 11 is 3.10. The molecule has 0 aliphatic rings. The number of pyridine rings is 1. The largest absolute Gasteiger partial charge is 0.298 e. The Hall–Kier alpha value is -3.87. The lowest BCUT2D eigenvalue weighted by molar-refractivity contribution is 0.102. The van der Waals surface area contributed by atoms with Crippen LogP contribution in [0, 0.1) is 6.92 Å². The second-order valence-electron chi connectivity index (χ2n) is 8.04. The first-order chi connectivity index (χ1) is 16.6. The lowest BCUT2D eigenvalue weighted by atomic mass is 10.1. The number of nitrogens with one attached hydrogen (secondary N) is 1. The fraction of sp³-hybridized carbons (Fsp3) is 0.0357. The van der Waals surface area contributed by atoms with Crippen molar-refractivity contribution in [2.24, 2.45) is 0 Å². The van der Waals surface area contributed by atoms with Crippen molar-refractivity contribution < 1.29 is 4.79 Å². The van der Waals surface area contributed by atoms with Crippen molar-refractivity contribution >= 4 is 55.4 Å². The number of benzene rings is 3. The molecule has 0 spiro atoms. The van der Waals surface area contributed by atoms with Crippen LogP contribution >= 0.6 is 22.7 Å². The molecule has 34 heavy (non-hydrogen) atoms. The van der Waals surface area contributed by atoms with E-state index in [1.54, 1.807) is 11.3 Å². The number of aromatic nitrogens is 2. The van der Waals surface area contributed by atoms with Gasteiger partial charge in [0.1, 0.15) is 0 Å². The van der Waals surface area contributed by atoms with Gasteiger partial charge in [-0.2, -0.15) is 0 Å². The summed E-state index contributed by atoms with van der Waals surface area (Å²) in [4.78, 5) is 25.1. The van der Waals surface area contributed by atoms with Crippen LogP contribution in [0.15, 0.2) is 90.3 Å². The number of nitrogens with zero attached hydrogens (tertiary/aromatic N) is 2. The van der Waals surface area contributed by atoms with E-state index >= 15 is 0 Å². The van der Waals surface area contributed by atoms with Crippen molar-refractivity contribution in [2.45, 2.75) is 6.92 Å². The van der Waals surface area contributed by atoms with Crippen LogP contribution in [0.5, 0.6) is 0 Å². The average Bonchev–Trinajstić information content (AvgIpc) is 3.52. The van der Waals surface area contributed by atoms with E-state index in [2.05, 4.69) is 59.7 Å². The molecule has 0 radical (unpaired) electrons. The van der Waals surface area contributed by atoms with Gasteiger partial charge in [-0.15, -0.1) is 22.7 Å². The van der Waals surface area contributed by atoms with Crippen molar-refractivity contribution in [3.8, 4) is 21.8 Å². The Morgan fingerprint density at radius 3 is 2.50 bits per heavy atom. The van der Waals surface area contributed by atoms with Gasteiger partial charge in [-0.1, -0.05) is 54.6 Å². The lowest BCUT2D eigenvalue weighted by Crippen LogP contribution is -2.13. The third-order valence-electron chi connectivity index (χ3n) is 5.72. The van der Waals surface area contributed by atoms with E-state index in [9.17, 15) is 4.79 Å². The number of aryl methyl sites for hydroxylation is 1. The molecule has 0 aliphatic heterocycles. The van der Waals surface area contributed by atoms with Gasteiger partial charge < -0.3 is 0 Å². The maximum atomic E-state index is 13.4. The Labute approximate surface area is 204 Å². The maximum absolute atomic E-state index is 13.4. The van der Waals surface area contributed by atoms with E-state index in [1.165, 1.54) is 21.6 Å². The normalized spacial score (nSPS) is 11.2. The first kappa shape index (κ1) is 20.7. The Kier molecular flexibility index (Phi) is 5.17. The third-order valence-corrected chi connectivity index (χ3v) is 7.50. The number of hydrogen-bond acceptors (Lipinski definition) is 5. The number of thiazole rings is 1. The van der Waals surface area contributed by atoms with E-state index in [0.29, 0.717) is 10.7 Å². The predicted octanol–water partition coefficient (Wildman–Crippen LogP) is 7.80. The fourth-order valence-corrected chi connectivity index (χ4v) is 5.58. The highest BCUT2D eigenvalue weighted by Gasteiger charge is 2.16. The van der Waals surface area contributed by atoms with Crippen LogP contribution in [-0.4, -0.2) is 15.9 Å². The SMILES string of the molecule is Cc1ccc(-c2cc(C(=O)Nc3nc(-c4ccc5ccccc5c4)cs3)c3ccccc3n2)s1. The first-order valence-corrected chi connectivity index (χ1v) is 12.6. The van der Waals surface area contributed by atoms with Crippen LogP contribution < -0.4 is 5.32 Å². The van der Waals surface area contributed by atoms with Crippen LogP contribution in [0.25, 0.3) is 43.5 Å². The minimum absolute atomic E-state index is 0.187. The minimum atomic E-state index is -0.187. The van der Waals surface area contributed by atoms with Crippen LogP contribution in [0.4, 0.5) is 5.13 Å². The quantitative estimate of drug-likeness (QED) is 0.282. The summed E-state index contributed by atoms with van der Waals surface area (Å²) in [6, 6.07) is 28.3. The zero-order valence-corrected chi connectivity index (χ0v) is 19.9. The molecule has 0 saturated carbocycles. The smallest absolute Gasteiger partial charge is 0.258 e. The summed E-state index contributed by atoms with van der Waals surface area (Å²) in [7, 11) is 0. The van der Waals surface area contributed by atoms with Crippen molar-refractivity contribution in [3.05, 3.63) is 101 Å². The molecule has 0 unspecified atom stereocenters. The Morgan fingerprint density at radius 1 is 0.824 bits per heavy atom. The van der Waals surface area contributed by atoms with Gasteiger partial charge in [0.15, 0.2) is 5.13 Å². The van der Waals surface area contributed by atoms with E-state index < -0.39 is 0 Å². The molecule has 3 aromatic carbocycles. The average molecular weight is 478 g/mol. The number of carbonyl (C=O) groups excluding carboxylic acids is 1. The van der Waals surface area contributed by atoms with Crippen molar-refractivity contribution in [1.82, 2.24) is 9.97 Å². The molecule has 0 saturated heterocycles. The third kappa shape index (κ3) is 3.87. The van der Waals surface area contributed by atoms with Gasteiger partial charge in [0, 0.05) is 21.2 Å². The van der Waals surface area contributed by atoms with E-state index in [1.807, 2.05) is 47.8 Å². The molecule has 3 aromatic heterocycles. The first-order valence-electron chi connectivity index (χ1n) is 10.9. The topological polar surface area (TPSA) is 54.9 Å². The Morgan fingerprint density at radius 2 is 1.65 bits per heavy atom. The van der Waals surface area contributed by atoms with Crippen molar-refractivity contribution in [1.29, 1.82) is 0 Å². The number of hydrogen-bond donors (Lipinski definition) is 1. The van der Waals surface area contributed by atoms with E-state index in [-0.39, 0.29) is 5.91 Å². The molecular formula is C28H19N3OS2. The monoisotopic (exact) mass is 477 g/mol. The number of anilines is 1. The summed E-state index contributed by atoms with van der Waals surface area (Å²) in [5, 5.41) is 8.73. The minimum Gasteiger partial charge on any atom is -0.298 e. The van der Waals surface area contributed by atoms with Crippen molar-refractivity contribution in [2.75, 3.05) is 5.32 Å². The molecule has 6 aromatic rings. The predicted molar refractivity (Wildman–Crippen MR) is 143 cm³/mol. The summed E-state index contributed by atoms with van der Waals surface area (Å²) in [5.41, 5.74) is 4.07. The molecule has 164 valence electrons. The number of thiophene rings is 1. The second kappa shape index (κ2) is 8.48. The molecule has 3 heterocycles. The Bertz CT molecular complexity index is 1680. The Balaban J connectivity index is 1.33. The summed E-state index contributed by atoms with van der Waals surface area (Å²) in [6.07, 6.45) is 0. The number of rotatable bonds is 4. The van der Waals surface area contributed by atoms with Gasteiger partial charge in [0.05, 0.1) is 27.3 Å². The van der Waals surface area contributed by atoms with Gasteiger partial charge in [-0.25, -0.2) is 9.97 Å². The molecule has 0 bridgehead atoms. The molecule has 1 N–H and O–H groups in total. The van der Waals surface area contributed by atoms with E-state index in [4.69, 9.17) is 4.98 Å². The zero-order valence-electron chi connectivity index (χ0n) is 18.3. The highest BCUT2D eigenvalue weighted by atomic mass is 32.1. The number of para-hydroxylation sites is 1. The van der Waals surface area contributed by atoms with Crippen molar-refractivity contribution in [3.63, 3.8) is 0 Å². The molecule has 6 rings (SSSR count). The molecule has 0 aliphatic carbocycles. The summed E-state index contributed by atoms with van der Waals surface area (Å²) in [6.45, 7) is 2.07. The number of amides is 1. The van der Waals surface area contributed by atoms with Gasteiger partial charge >= 0.3 is 0 Å². The number of carbonyl (C=O) groups is 1. The molecule has 0 atom stereocenters. The molecule has 6 heteroatoms. The number of fused-ring (bicyclic) bond motifs is 2. The van der Waals surface area contributed by atoms with Gasteiger partial charge in [-0.3, -0.25) is 10.1 Å². The van der Waals surface area contributed by atoms with Crippen LogP contribution in [0.1, 0.15) is 15.2 Å². The maximum Gasteiger partial charge on any atom is 0.258 e. The van der Waals surface area contributed by atoms with Crippen LogP contribution in [0.2, 0.25) is 0 Å². The van der Waals surface area contributed by atoms with Gasteiger partial charge in [-0.05, 0) is 48.0 Å². The van der Waals surface area contributed by atoms with Gasteiger partial charge in [0.2, 0.25) is 0 Å². The molecule has 4 nitrogen and oxygen atoms in total. The highest BCUT2D eigenvalue weighted by molar-refractivity contribution is 7.15. The summed E-state index contributed by atoms with van der Waals surface area (Å²) < 4.78 is 0. The van der Waals surface area contributed by atoms with Crippen LogP contribution in [0.3, 0.4) is 0 Å². The zero-order chi connectivity index (χ0) is 23.1. The lowest BCUT2D eigenvalue weighted by Gasteiger charge is -2.08. The van der Waals surface area contributed by atoms with Crippen LogP contribution in [-0.2, 0) is 0 Å². The molecule has 1 amide bonds. The molecular weight excluding hydrogens is 458 g/mol. The van der Waals surface area contributed by atoms with Gasteiger partial charge in [0.25, 0.3) is 5.91 Å². The second-order valence-corrected chi connectivity index (χ2v) is 10.2. The molecule has 0 fully saturated rings. The highest BCUT2D eigenvalue weighted by Crippen LogP contribution is 2.31. The summed E-state index contributed by atoms with van der Waals surface area (Å²) in [5.74, 6) is -0.187.